The molecule has 0 bridgehead atoms. The molecule has 4 rings (SSSR count). The fraction of sp³-hybridized carbons (Fsp3) is 0.472. The lowest BCUT2D eigenvalue weighted by atomic mass is 9.97. The van der Waals surface area contributed by atoms with Crippen molar-refractivity contribution in [2.45, 2.75) is 72.5 Å². The second-order valence-electron chi connectivity index (χ2n) is 12.1. The molecule has 1 fully saturated rings. The number of carbonyl (C=O) groups excluding carboxylic acids is 2. The highest BCUT2D eigenvalue weighted by Crippen LogP contribution is 2.29. The predicted molar refractivity (Wildman–Crippen MR) is 178 cm³/mol. The van der Waals surface area contributed by atoms with E-state index in [1.165, 1.54) is 16.8 Å². The van der Waals surface area contributed by atoms with Gasteiger partial charge < -0.3 is 24.8 Å². The molecule has 3 aromatic rings. The number of amides is 2. The van der Waals surface area contributed by atoms with E-state index in [2.05, 4.69) is 52.1 Å². The molecule has 1 unspecified atom stereocenters. The van der Waals surface area contributed by atoms with Crippen molar-refractivity contribution >= 4 is 17.5 Å². The lowest BCUT2D eigenvalue weighted by Gasteiger charge is -2.42. The zero-order chi connectivity index (χ0) is 31.8. The number of nitrogens with zero attached hydrogens (tertiary/aromatic N) is 4. The fourth-order valence-electron chi connectivity index (χ4n) is 6.16. The number of pyridine rings is 1. The number of ether oxygens (including phenoxy) is 1. The molecule has 236 valence electrons. The minimum atomic E-state index is -0.0745. The Kier molecular flexibility index (Phi) is 11.4. The average Bonchev–Trinajstić information content (AvgIpc) is 3.03. The number of hydrogen-bond acceptors (Lipinski definition) is 6. The van der Waals surface area contributed by atoms with Crippen molar-refractivity contribution < 1.29 is 14.3 Å². The maximum atomic E-state index is 13.1. The number of aromatic nitrogens is 1. The summed E-state index contributed by atoms with van der Waals surface area (Å²) in [5.74, 6) is 0.761. The second kappa shape index (κ2) is 15.2. The summed E-state index contributed by atoms with van der Waals surface area (Å²) >= 11 is 0. The second-order valence-corrected chi connectivity index (χ2v) is 12.1. The first-order chi connectivity index (χ1) is 21.1. The Morgan fingerprint density at radius 3 is 2.30 bits per heavy atom. The lowest BCUT2D eigenvalue weighted by molar-refractivity contribution is 0.0801. The van der Waals surface area contributed by atoms with Gasteiger partial charge in [0.2, 0.25) is 0 Å². The normalized spacial score (nSPS) is 14.6. The number of methoxy groups -OCH3 is 1. The van der Waals surface area contributed by atoms with Gasteiger partial charge in [-0.15, -0.1) is 0 Å². The van der Waals surface area contributed by atoms with Crippen molar-refractivity contribution in [2.75, 3.05) is 45.2 Å². The highest BCUT2D eigenvalue weighted by Gasteiger charge is 2.28. The Bertz CT molecular complexity index is 1390. The van der Waals surface area contributed by atoms with Crippen LogP contribution in [0.4, 0.5) is 5.69 Å². The summed E-state index contributed by atoms with van der Waals surface area (Å²) in [6.07, 6.45) is 6.85. The van der Waals surface area contributed by atoms with Gasteiger partial charge in [0.05, 0.1) is 7.11 Å². The molecule has 1 aliphatic rings. The number of likely N-dealkylation sites (tertiary alicyclic amines) is 1. The average molecular weight is 600 g/mol. The first kappa shape index (κ1) is 33.0. The molecule has 1 aromatic heterocycles. The number of aryl methyl sites for hydroxylation is 3. The Labute approximate surface area is 263 Å². The van der Waals surface area contributed by atoms with Crippen LogP contribution in [0.3, 0.4) is 0 Å². The van der Waals surface area contributed by atoms with Crippen molar-refractivity contribution in [3.05, 3.63) is 88.2 Å². The van der Waals surface area contributed by atoms with E-state index in [0.29, 0.717) is 36.3 Å². The Balaban J connectivity index is 1.33. The van der Waals surface area contributed by atoms with Gasteiger partial charge in [0.1, 0.15) is 5.75 Å². The molecule has 1 N–H and O–H groups in total. The van der Waals surface area contributed by atoms with Gasteiger partial charge in [-0.3, -0.25) is 14.6 Å². The molecule has 2 aromatic carbocycles. The van der Waals surface area contributed by atoms with Crippen LogP contribution in [0.2, 0.25) is 0 Å². The van der Waals surface area contributed by atoms with Crippen LogP contribution in [0.5, 0.6) is 5.75 Å². The summed E-state index contributed by atoms with van der Waals surface area (Å²) in [6.45, 7) is 14.3. The van der Waals surface area contributed by atoms with Gasteiger partial charge in [-0.25, -0.2) is 0 Å². The third kappa shape index (κ3) is 7.97. The molecule has 1 saturated heterocycles. The lowest BCUT2D eigenvalue weighted by Crippen LogP contribution is -2.48. The molecule has 8 nitrogen and oxygen atoms in total. The number of anilines is 1. The van der Waals surface area contributed by atoms with E-state index < -0.39 is 0 Å². The molecule has 2 amide bonds. The Hall–Kier alpha value is -3.91. The van der Waals surface area contributed by atoms with Gasteiger partial charge in [0, 0.05) is 81.1 Å². The SMILES string of the molecule is CCN(C)C(=O)c1cc(C)c(C(=O)NCCC(C)N2CCC(N(Cc3cnccc3C)c3ccc(OC)cc3)CC2)c(C)c1. The number of nitrogens with one attached hydrogen (secondary N) is 1. The van der Waals surface area contributed by atoms with E-state index in [-0.39, 0.29) is 11.8 Å². The van der Waals surface area contributed by atoms with E-state index in [0.717, 1.165) is 55.8 Å². The molecule has 0 aliphatic carbocycles. The molecule has 2 heterocycles. The zero-order valence-corrected chi connectivity index (χ0v) is 27.5. The van der Waals surface area contributed by atoms with E-state index in [9.17, 15) is 9.59 Å². The van der Waals surface area contributed by atoms with E-state index >= 15 is 0 Å². The fourth-order valence-corrected chi connectivity index (χ4v) is 6.16. The summed E-state index contributed by atoms with van der Waals surface area (Å²) in [7, 11) is 3.49. The molecule has 1 atom stereocenters. The van der Waals surface area contributed by atoms with Gasteiger partial charge in [0.25, 0.3) is 11.8 Å². The largest absolute Gasteiger partial charge is 0.497 e. The van der Waals surface area contributed by atoms with Crippen LogP contribution in [0.1, 0.15) is 76.1 Å². The Morgan fingerprint density at radius 1 is 1.05 bits per heavy atom. The third-order valence-corrected chi connectivity index (χ3v) is 9.13. The van der Waals surface area contributed by atoms with Crippen LogP contribution in [0.25, 0.3) is 0 Å². The minimum Gasteiger partial charge on any atom is -0.497 e. The molecular weight excluding hydrogens is 550 g/mol. The van der Waals surface area contributed by atoms with Gasteiger partial charge in [-0.2, -0.15) is 0 Å². The number of rotatable bonds is 12. The van der Waals surface area contributed by atoms with Gasteiger partial charge in [0.15, 0.2) is 0 Å². The van der Waals surface area contributed by atoms with Crippen LogP contribution in [-0.2, 0) is 6.54 Å². The summed E-state index contributed by atoms with van der Waals surface area (Å²) in [5.41, 5.74) is 6.64. The topological polar surface area (TPSA) is 78.0 Å². The molecule has 0 saturated carbocycles. The van der Waals surface area contributed by atoms with Crippen molar-refractivity contribution in [1.82, 2.24) is 20.1 Å². The van der Waals surface area contributed by atoms with Crippen molar-refractivity contribution in [3.63, 3.8) is 0 Å². The van der Waals surface area contributed by atoms with Crippen LogP contribution < -0.4 is 15.0 Å². The van der Waals surface area contributed by atoms with Crippen molar-refractivity contribution in [1.29, 1.82) is 0 Å². The van der Waals surface area contributed by atoms with Crippen molar-refractivity contribution in [3.8, 4) is 5.75 Å². The highest BCUT2D eigenvalue weighted by atomic mass is 16.5. The van der Waals surface area contributed by atoms with Crippen LogP contribution in [-0.4, -0.2) is 79.0 Å². The summed E-state index contributed by atoms with van der Waals surface area (Å²) in [5, 5.41) is 3.14. The smallest absolute Gasteiger partial charge is 0.253 e. The maximum Gasteiger partial charge on any atom is 0.253 e. The third-order valence-electron chi connectivity index (χ3n) is 9.13. The maximum absolute atomic E-state index is 13.1. The number of piperidine rings is 1. The van der Waals surface area contributed by atoms with E-state index in [4.69, 9.17) is 4.74 Å². The Morgan fingerprint density at radius 2 is 1.70 bits per heavy atom. The van der Waals surface area contributed by atoms with Crippen LogP contribution in [0.15, 0.2) is 54.9 Å². The monoisotopic (exact) mass is 599 g/mol. The van der Waals surface area contributed by atoms with E-state index in [1.54, 1.807) is 19.1 Å². The van der Waals surface area contributed by atoms with Crippen LogP contribution in [0, 0.1) is 20.8 Å². The standard InChI is InChI=1S/C36H49N5O3/c1-8-39(6)36(43)29-21-26(3)34(27(4)22-29)35(42)38-18-14-28(5)40-19-15-32(16-20-40)41(24-30-23-37-17-13-25(30)2)31-9-11-33(44-7)12-10-31/h9-13,17,21-23,28,32H,8,14-16,18-20,24H2,1-7H3,(H,38,42). The molecule has 44 heavy (non-hydrogen) atoms. The molecule has 8 heteroatoms. The first-order valence-electron chi connectivity index (χ1n) is 15.8. The van der Waals surface area contributed by atoms with E-state index in [1.807, 2.05) is 57.4 Å². The molecular formula is C36H49N5O3. The summed E-state index contributed by atoms with van der Waals surface area (Å²) in [4.78, 5) is 36.9. The van der Waals surface area contributed by atoms with Crippen molar-refractivity contribution in [2.24, 2.45) is 0 Å². The molecule has 0 radical (unpaired) electrons. The van der Waals surface area contributed by atoms with Crippen LogP contribution >= 0.6 is 0 Å². The number of carbonyl (C=O) groups is 2. The van der Waals surface area contributed by atoms with Gasteiger partial charge in [-0.1, -0.05) is 0 Å². The molecule has 0 spiro atoms. The predicted octanol–water partition coefficient (Wildman–Crippen LogP) is 5.79. The highest BCUT2D eigenvalue weighted by molar-refractivity contribution is 6.00. The summed E-state index contributed by atoms with van der Waals surface area (Å²) < 4.78 is 5.41. The number of hydrogen-bond donors (Lipinski definition) is 1. The first-order valence-corrected chi connectivity index (χ1v) is 15.8. The quantitative estimate of drug-likeness (QED) is 0.284. The number of benzene rings is 2. The minimum absolute atomic E-state index is 0.0254. The zero-order valence-electron chi connectivity index (χ0n) is 27.5. The molecule has 1 aliphatic heterocycles. The van der Waals surface area contributed by atoms with Gasteiger partial charge in [-0.05, 0) is 119 Å². The summed E-state index contributed by atoms with van der Waals surface area (Å²) in [6, 6.07) is 14.9. The van der Waals surface area contributed by atoms with Gasteiger partial charge >= 0.3 is 0 Å².